The van der Waals surface area contributed by atoms with Crippen LogP contribution in [0.3, 0.4) is 0 Å². The summed E-state index contributed by atoms with van der Waals surface area (Å²) in [4.78, 5) is 23.5. The molecule has 4 aliphatic carbocycles. The maximum absolute atomic E-state index is 12.1. The molecule has 24 heavy (non-hydrogen) atoms. The van der Waals surface area contributed by atoms with E-state index >= 15 is 0 Å². The Balaban J connectivity index is 1.74. The molecule has 0 aromatic rings. The van der Waals surface area contributed by atoms with E-state index in [0.717, 1.165) is 6.42 Å². The summed E-state index contributed by atoms with van der Waals surface area (Å²) < 4.78 is 4.97. The number of carbonyl (C=O) groups is 2. The van der Waals surface area contributed by atoms with Gasteiger partial charge in [-0.3, -0.25) is 4.79 Å². The minimum absolute atomic E-state index is 0.131. The first kappa shape index (κ1) is 17.4. The van der Waals surface area contributed by atoms with E-state index in [4.69, 9.17) is 4.74 Å². The highest BCUT2D eigenvalue weighted by molar-refractivity contribution is 5.86. The number of esters is 1. The maximum atomic E-state index is 12.1. The molecule has 3 N–H and O–H groups in total. The van der Waals surface area contributed by atoms with Crippen LogP contribution in [0.2, 0.25) is 0 Å². The van der Waals surface area contributed by atoms with Gasteiger partial charge in [-0.15, -0.1) is 0 Å². The van der Waals surface area contributed by atoms with Gasteiger partial charge in [0.05, 0.1) is 17.1 Å². The molecular formula is C18H26O6. The molecule has 0 aromatic carbocycles. The van der Waals surface area contributed by atoms with Crippen LogP contribution in [0.1, 0.15) is 45.4 Å². The van der Waals surface area contributed by atoms with Gasteiger partial charge in [-0.25, -0.2) is 4.79 Å². The summed E-state index contributed by atoms with van der Waals surface area (Å²) in [7, 11) is 0. The number of hydrogen-bond donors (Lipinski definition) is 3. The van der Waals surface area contributed by atoms with Crippen LogP contribution in [-0.4, -0.2) is 45.6 Å². The zero-order valence-corrected chi connectivity index (χ0v) is 14.0. The molecule has 0 aromatic heterocycles. The molecule has 4 rings (SSSR count). The number of rotatable bonds is 6. The Labute approximate surface area is 141 Å². The third-order valence-electron chi connectivity index (χ3n) is 6.26. The lowest BCUT2D eigenvalue weighted by molar-refractivity contribution is -0.229. The van der Waals surface area contributed by atoms with Crippen molar-refractivity contribution >= 4 is 11.9 Å². The second-order valence-electron chi connectivity index (χ2n) is 8.17. The number of aliphatic hydroxyl groups is 2. The predicted octanol–water partition coefficient (Wildman–Crippen LogP) is 1.50. The van der Waals surface area contributed by atoms with E-state index in [1.54, 1.807) is 0 Å². The number of aliphatic carboxylic acids is 1. The second-order valence-corrected chi connectivity index (χ2v) is 8.17. The molecule has 0 amide bonds. The normalized spacial score (nSPS) is 41.0. The fraction of sp³-hybridized carbons (Fsp3) is 0.778. The molecule has 4 saturated carbocycles. The van der Waals surface area contributed by atoms with Crippen molar-refractivity contribution in [3.63, 3.8) is 0 Å². The first-order chi connectivity index (χ1) is 11.2. The van der Waals surface area contributed by atoms with Gasteiger partial charge in [-0.1, -0.05) is 6.58 Å². The minimum Gasteiger partial charge on any atom is -0.481 e. The number of carboxylic acids is 1. The first-order valence-corrected chi connectivity index (χ1v) is 8.63. The summed E-state index contributed by atoms with van der Waals surface area (Å²) >= 11 is 0. The molecule has 0 saturated heterocycles. The van der Waals surface area contributed by atoms with E-state index < -0.39 is 35.0 Å². The van der Waals surface area contributed by atoms with Gasteiger partial charge in [0.15, 0.2) is 0 Å². The lowest BCUT2D eigenvalue weighted by atomic mass is 9.42. The summed E-state index contributed by atoms with van der Waals surface area (Å²) in [5.74, 6) is -1.44. The summed E-state index contributed by atoms with van der Waals surface area (Å²) in [5.41, 5.74) is -1.74. The molecule has 4 fully saturated rings. The van der Waals surface area contributed by atoms with Crippen LogP contribution >= 0.6 is 0 Å². The molecule has 0 aliphatic heterocycles. The van der Waals surface area contributed by atoms with E-state index in [-0.39, 0.29) is 30.4 Å². The Morgan fingerprint density at radius 1 is 1.25 bits per heavy atom. The molecule has 4 aliphatic rings. The largest absolute Gasteiger partial charge is 0.481 e. The van der Waals surface area contributed by atoms with Gasteiger partial charge in [0, 0.05) is 11.5 Å². The van der Waals surface area contributed by atoms with Crippen LogP contribution in [0.5, 0.6) is 0 Å². The lowest BCUT2D eigenvalue weighted by Crippen LogP contribution is -2.65. The fourth-order valence-electron chi connectivity index (χ4n) is 5.63. The Hall–Kier alpha value is -1.40. The Morgan fingerprint density at radius 2 is 1.83 bits per heavy atom. The van der Waals surface area contributed by atoms with Crippen LogP contribution in [0.4, 0.5) is 0 Å². The molecule has 4 unspecified atom stereocenters. The zero-order valence-electron chi connectivity index (χ0n) is 14.0. The highest BCUT2D eigenvalue weighted by Gasteiger charge is 2.66. The van der Waals surface area contributed by atoms with Crippen molar-refractivity contribution in [2.24, 2.45) is 23.2 Å². The van der Waals surface area contributed by atoms with Crippen molar-refractivity contribution in [1.29, 1.82) is 0 Å². The van der Waals surface area contributed by atoms with Crippen molar-refractivity contribution in [2.45, 2.75) is 57.2 Å². The number of hydrogen-bond acceptors (Lipinski definition) is 5. The quantitative estimate of drug-likeness (QED) is 0.501. The van der Waals surface area contributed by atoms with Gasteiger partial charge in [0.1, 0.15) is 6.61 Å². The van der Waals surface area contributed by atoms with E-state index in [9.17, 15) is 24.9 Å². The average molecular weight is 338 g/mol. The van der Waals surface area contributed by atoms with Gasteiger partial charge >= 0.3 is 11.9 Å². The summed E-state index contributed by atoms with van der Waals surface area (Å²) in [6.07, 6.45) is 2.52. The monoisotopic (exact) mass is 338 g/mol. The Bertz CT molecular complexity index is 554. The van der Waals surface area contributed by atoms with Crippen LogP contribution in [-0.2, 0) is 14.3 Å². The number of carbonyl (C=O) groups excluding carboxylic acids is 1. The van der Waals surface area contributed by atoms with Crippen LogP contribution in [0, 0.1) is 23.2 Å². The van der Waals surface area contributed by atoms with Crippen molar-refractivity contribution in [3.05, 3.63) is 12.2 Å². The maximum Gasteiger partial charge on any atom is 0.333 e. The molecule has 4 atom stereocenters. The van der Waals surface area contributed by atoms with E-state index in [0.29, 0.717) is 25.7 Å². The molecule has 0 spiro atoms. The van der Waals surface area contributed by atoms with Gasteiger partial charge in [0.2, 0.25) is 0 Å². The van der Waals surface area contributed by atoms with E-state index in [2.05, 4.69) is 6.58 Å². The van der Waals surface area contributed by atoms with E-state index in [1.807, 2.05) is 0 Å². The zero-order chi connectivity index (χ0) is 17.7. The van der Waals surface area contributed by atoms with Crippen LogP contribution < -0.4 is 0 Å². The Kier molecular flexibility index (Phi) is 4.24. The molecule has 4 bridgehead atoms. The molecule has 6 heteroatoms. The SMILES string of the molecule is C=C(C)C(=O)OCC(O)CC1C2(O)CC3CC(C2)CC1(C(=O)O)C3. The number of ether oxygens (including phenoxy) is 1. The van der Waals surface area contributed by atoms with E-state index in [1.165, 1.54) is 6.92 Å². The van der Waals surface area contributed by atoms with Crippen molar-refractivity contribution in [3.8, 4) is 0 Å². The third kappa shape index (κ3) is 2.75. The molecule has 0 radical (unpaired) electrons. The van der Waals surface area contributed by atoms with Crippen molar-refractivity contribution in [2.75, 3.05) is 6.61 Å². The minimum atomic E-state index is -1.03. The highest BCUT2D eigenvalue weighted by Crippen LogP contribution is 2.65. The molecule has 6 nitrogen and oxygen atoms in total. The standard InChI is InChI=1S/C18H26O6/c1-10(2)15(20)24-9-13(19)4-14-17(16(21)22)5-11-3-12(6-17)8-18(14,23)7-11/h11-14,19,23H,1,3-9H2,2H3,(H,21,22). The summed E-state index contributed by atoms with van der Waals surface area (Å²) in [5, 5.41) is 31.2. The topological polar surface area (TPSA) is 104 Å². The fourth-order valence-corrected chi connectivity index (χ4v) is 5.63. The second kappa shape index (κ2) is 5.85. The number of carboxylic acid groups (broad SMARTS) is 1. The van der Waals surface area contributed by atoms with Gasteiger partial charge in [0.25, 0.3) is 0 Å². The molecule has 0 heterocycles. The van der Waals surface area contributed by atoms with Crippen molar-refractivity contribution < 1.29 is 29.6 Å². The first-order valence-electron chi connectivity index (χ1n) is 8.63. The Morgan fingerprint density at radius 3 is 2.33 bits per heavy atom. The smallest absolute Gasteiger partial charge is 0.333 e. The van der Waals surface area contributed by atoms with Gasteiger partial charge in [-0.2, -0.15) is 0 Å². The average Bonchev–Trinajstić information content (AvgIpc) is 2.47. The molecular weight excluding hydrogens is 312 g/mol. The van der Waals surface area contributed by atoms with Crippen molar-refractivity contribution in [1.82, 2.24) is 0 Å². The molecule has 134 valence electrons. The summed E-state index contributed by atoms with van der Waals surface area (Å²) in [6.45, 7) is 4.79. The summed E-state index contributed by atoms with van der Waals surface area (Å²) in [6, 6.07) is 0. The highest BCUT2D eigenvalue weighted by atomic mass is 16.5. The third-order valence-corrected chi connectivity index (χ3v) is 6.26. The predicted molar refractivity (Wildman–Crippen MR) is 85.0 cm³/mol. The van der Waals surface area contributed by atoms with Gasteiger partial charge in [-0.05, 0) is 57.3 Å². The lowest BCUT2D eigenvalue weighted by Gasteiger charge is -2.63. The van der Waals surface area contributed by atoms with Crippen LogP contribution in [0.15, 0.2) is 12.2 Å². The van der Waals surface area contributed by atoms with Gasteiger partial charge < -0.3 is 20.1 Å². The van der Waals surface area contributed by atoms with Crippen LogP contribution in [0.25, 0.3) is 0 Å². The number of aliphatic hydroxyl groups excluding tert-OH is 1.